The maximum absolute atomic E-state index is 13.9. The topological polar surface area (TPSA) is 57.7 Å². The number of fused-ring (bicyclic) bond motifs is 1. The predicted molar refractivity (Wildman–Crippen MR) is 104 cm³/mol. The lowest BCUT2D eigenvalue weighted by molar-refractivity contribution is 0.0691. The summed E-state index contributed by atoms with van der Waals surface area (Å²) in [6.07, 6.45) is 3.85. The number of nitrogens with zero attached hydrogens (tertiary/aromatic N) is 2. The zero-order valence-electron chi connectivity index (χ0n) is 16.5. The molecule has 1 heterocycles. The van der Waals surface area contributed by atoms with Gasteiger partial charge in [-0.15, -0.1) is 0 Å². The molecule has 31 heavy (non-hydrogen) atoms. The van der Waals surface area contributed by atoms with Gasteiger partial charge in [-0.1, -0.05) is 6.07 Å². The summed E-state index contributed by atoms with van der Waals surface area (Å²) in [6.45, 7) is -0.302. The van der Waals surface area contributed by atoms with Crippen molar-refractivity contribution in [3.63, 3.8) is 0 Å². The Morgan fingerprint density at radius 1 is 0.806 bits per heavy atom. The maximum Gasteiger partial charge on any atom is 0.257 e. The van der Waals surface area contributed by atoms with Gasteiger partial charge in [-0.3, -0.25) is 4.79 Å². The van der Waals surface area contributed by atoms with Crippen molar-refractivity contribution in [2.45, 2.75) is 30.6 Å². The van der Waals surface area contributed by atoms with Crippen LogP contribution in [0.15, 0.2) is 29.2 Å². The molecule has 0 saturated carbocycles. The number of carbonyl (C=O) groups excluding carboxylic acids is 1. The first kappa shape index (κ1) is 21.8. The number of hydrogen-bond donors (Lipinski definition) is 0. The lowest BCUT2D eigenvalue weighted by Gasteiger charge is -2.34. The van der Waals surface area contributed by atoms with Gasteiger partial charge in [-0.05, 0) is 55.0 Å². The Bertz CT molecular complexity index is 1150. The van der Waals surface area contributed by atoms with Crippen LogP contribution >= 0.6 is 0 Å². The fourth-order valence-electron chi connectivity index (χ4n) is 4.05. The molecule has 10 heteroatoms. The third kappa shape index (κ3) is 3.94. The molecule has 0 bridgehead atoms. The monoisotopic (exact) mass is 456 g/mol. The molecular formula is C21H20F4N2O3S. The number of sulfonamides is 1. The van der Waals surface area contributed by atoms with Crippen molar-refractivity contribution in [2.75, 3.05) is 26.2 Å². The number of amides is 1. The van der Waals surface area contributed by atoms with Gasteiger partial charge in [0.15, 0.2) is 23.3 Å². The summed E-state index contributed by atoms with van der Waals surface area (Å²) in [7, 11) is -3.78. The Morgan fingerprint density at radius 2 is 1.45 bits per heavy atom. The number of benzene rings is 2. The summed E-state index contributed by atoms with van der Waals surface area (Å²) in [5.74, 6) is -8.52. The largest absolute Gasteiger partial charge is 0.336 e. The summed E-state index contributed by atoms with van der Waals surface area (Å²) >= 11 is 0. The van der Waals surface area contributed by atoms with E-state index in [2.05, 4.69) is 0 Å². The van der Waals surface area contributed by atoms with E-state index in [0.29, 0.717) is 6.07 Å². The first-order valence-electron chi connectivity index (χ1n) is 9.94. The van der Waals surface area contributed by atoms with Gasteiger partial charge >= 0.3 is 0 Å². The molecule has 0 radical (unpaired) electrons. The average molecular weight is 456 g/mol. The lowest BCUT2D eigenvalue weighted by atomic mass is 9.92. The molecule has 1 aliphatic carbocycles. The van der Waals surface area contributed by atoms with Gasteiger partial charge in [0, 0.05) is 26.2 Å². The van der Waals surface area contributed by atoms with Crippen LogP contribution in [0.25, 0.3) is 0 Å². The van der Waals surface area contributed by atoms with E-state index in [1.165, 1.54) is 4.31 Å². The molecule has 1 fully saturated rings. The Kier molecular flexibility index (Phi) is 5.78. The number of aryl methyl sites for hydroxylation is 2. The zero-order chi connectivity index (χ0) is 22.3. The molecule has 166 valence electrons. The van der Waals surface area contributed by atoms with Crippen LogP contribution in [0.4, 0.5) is 17.6 Å². The van der Waals surface area contributed by atoms with E-state index >= 15 is 0 Å². The van der Waals surface area contributed by atoms with Crippen LogP contribution in [0.5, 0.6) is 0 Å². The first-order valence-corrected chi connectivity index (χ1v) is 11.4. The van der Waals surface area contributed by atoms with E-state index in [1.807, 2.05) is 6.07 Å². The maximum atomic E-state index is 13.9. The minimum atomic E-state index is -3.78. The van der Waals surface area contributed by atoms with Crippen molar-refractivity contribution in [3.05, 3.63) is 64.2 Å². The average Bonchev–Trinajstić information content (AvgIpc) is 2.79. The highest BCUT2D eigenvalue weighted by molar-refractivity contribution is 7.89. The molecule has 2 aromatic carbocycles. The Labute approximate surface area is 177 Å². The molecule has 5 nitrogen and oxygen atoms in total. The van der Waals surface area contributed by atoms with Gasteiger partial charge in [-0.25, -0.2) is 26.0 Å². The van der Waals surface area contributed by atoms with E-state index < -0.39 is 44.8 Å². The highest BCUT2D eigenvalue weighted by atomic mass is 32.2. The van der Waals surface area contributed by atoms with Gasteiger partial charge in [0.2, 0.25) is 10.0 Å². The standard InChI is InChI=1S/C21H20F4N2O3S/c22-17-12-16(18(23)20(25)19(17)24)21(28)26-7-9-27(10-8-26)31(29,30)15-6-5-13-3-1-2-4-14(13)11-15/h5-6,11-12H,1-4,7-10H2. The number of rotatable bonds is 3. The van der Waals surface area contributed by atoms with Gasteiger partial charge < -0.3 is 4.90 Å². The first-order chi connectivity index (χ1) is 14.7. The van der Waals surface area contributed by atoms with Gasteiger partial charge in [0.25, 0.3) is 5.91 Å². The smallest absolute Gasteiger partial charge is 0.257 e. The highest BCUT2D eigenvalue weighted by Gasteiger charge is 2.33. The fourth-order valence-corrected chi connectivity index (χ4v) is 5.52. The summed E-state index contributed by atoms with van der Waals surface area (Å²) < 4.78 is 81.2. The van der Waals surface area contributed by atoms with Crippen molar-refractivity contribution in [2.24, 2.45) is 0 Å². The second-order valence-corrected chi connectivity index (χ2v) is 9.62. The number of hydrogen-bond acceptors (Lipinski definition) is 3. The highest BCUT2D eigenvalue weighted by Crippen LogP contribution is 2.27. The minimum absolute atomic E-state index is 0.0566. The van der Waals surface area contributed by atoms with Crippen LogP contribution in [0.3, 0.4) is 0 Å². The zero-order valence-corrected chi connectivity index (χ0v) is 17.3. The third-order valence-electron chi connectivity index (χ3n) is 5.82. The van der Waals surface area contributed by atoms with E-state index in [4.69, 9.17) is 0 Å². The predicted octanol–water partition coefficient (Wildman–Crippen LogP) is 3.27. The molecule has 1 amide bonds. The van der Waals surface area contributed by atoms with Crippen molar-refractivity contribution in [1.29, 1.82) is 0 Å². The number of piperazine rings is 1. The van der Waals surface area contributed by atoms with Gasteiger partial charge in [0.05, 0.1) is 10.5 Å². The molecule has 0 spiro atoms. The number of carbonyl (C=O) groups is 1. The third-order valence-corrected chi connectivity index (χ3v) is 7.71. The molecule has 2 aliphatic rings. The van der Waals surface area contributed by atoms with Gasteiger partial charge in [-0.2, -0.15) is 4.31 Å². The summed E-state index contributed by atoms with van der Waals surface area (Å²) in [5.41, 5.74) is 1.25. The molecule has 1 aliphatic heterocycles. The minimum Gasteiger partial charge on any atom is -0.336 e. The van der Waals surface area contributed by atoms with E-state index in [9.17, 15) is 30.8 Å². The van der Waals surface area contributed by atoms with Crippen LogP contribution in [0.2, 0.25) is 0 Å². The molecule has 2 aromatic rings. The second kappa shape index (κ2) is 8.23. The van der Waals surface area contributed by atoms with Crippen LogP contribution < -0.4 is 0 Å². The Hall–Kier alpha value is -2.46. The molecule has 4 rings (SSSR count). The molecule has 0 unspecified atom stereocenters. The second-order valence-electron chi connectivity index (χ2n) is 7.68. The quantitative estimate of drug-likeness (QED) is 0.405. The van der Waals surface area contributed by atoms with Crippen LogP contribution in [-0.4, -0.2) is 49.7 Å². The van der Waals surface area contributed by atoms with Crippen LogP contribution in [-0.2, 0) is 22.9 Å². The van der Waals surface area contributed by atoms with Crippen molar-refractivity contribution in [1.82, 2.24) is 9.21 Å². The van der Waals surface area contributed by atoms with Crippen molar-refractivity contribution in [3.8, 4) is 0 Å². The molecule has 1 saturated heterocycles. The van der Waals surface area contributed by atoms with Crippen LogP contribution in [0.1, 0.15) is 34.3 Å². The molecule has 0 atom stereocenters. The summed E-state index contributed by atoms with van der Waals surface area (Å²) in [6, 6.07) is 5.42. The molecular weight excluding hydrogens is 436 g/mol. The SMILES string of the molecule is O=C(c1cc(F)c(F)c(F)c1F)N1CCN(S(=O)(=O)c2ccc3c(c2)CCCC3)CC1. The summed E-state index contributed by atoms with van der Waals surface area (Å²) in [4.78, 5) is 13.8. The van der Waals surface area contributed by atoms with E-state index in [1.54, 1.807) is 12.1 Å². The Balaban J connectivity index is 1.49. The fraction of sp³-hybridized carbons (Fsp3) is 0.381. The normalized spacial score (nSPS) is 17.5. The van der Waals surface area contributed by atoms with Crippen molar-refractivity contribution >= 4 is 15.9 Å². The van der Waals surface area contributed by atoms with Gasteiger partial charge in [0.1, 0.15) is 0 Å². The lowest BCUT2D eigenvalue weighted by Crippen LogP contribution is -2.50. The van der Waals surface area contributed by atoms with E-state index in [0.717, 1.165) is 41.7 Å². The van der Waals surface area contributed by atoms with Crippen molar-refractivity contribution < 1.29 is 30.8 Å². The molecule has 0 aromatic heterocycles. The van der Waals surface area contributed by atoms with Crippen LogP contribution in [0, 0.1) is 23.3 Å². The Morgan fingerprint density at radius 3 is 2.13 bits per heavy atom. The number of halogens is 4. The molecule has 0 N–H and O–H groups in total. The van der Waals surface area contributed by atoms with E-state index in [-0.39, 0.29) is 31.1 Å². The summed E-state index contributed by atoms with van der Waals surface area (Å²) in [5, 5.41) is 0.